The predicted molar refractivity (Wildman–Crippen MR) is 63.6 cm³/mol. The molecule has 0 bridgehead atoms. The first-order valence-electron chi connectivity index (χ1n) is 4.64. The Kier molecular flexibility index (Phi) is 2.97. The van der Waals surface area contributed by atoms with E-state index in [1.54, 1.807) is 0 Å². The first-order chi connectivity index (χ1) is 8.06. The number of rotatable bonds is 1. The van der Waals surface area contributed by atoms with Crippen LogP contribution in [0.25, 0.3) is 10.9 Å². The van der Waals surface area contributed by atoms with Crippen molar-refractivity contribution in [3.8, 4) is 0 Å². The molecule has 1 aromatic heterocycles. The van der Waals surface area contributed by atoms with Gasteiger partial charge >= 0.3 is 5.97 Å². The van der Waals surface area contributed by atoms with Crippen molar-refractivity contribution in [1.82, 2.24) is 4.98 Å². The highest BCUT2D eigenvalue weighted by atomic mass is 79.9. The molecule has 6 heteroatoms. The fourth-order valence-electron chi connectivity index (χ4n) is 1.52. The fraction of sp³-hybridized carbons (Fsp3) is 0.0909. The van der Waals surface area contributed by atoms with Crippen molar-refractivity contribution in [2.75, 3.05) is 7.11 Å². The van der Waals surface area contributed by atoms with Gasteiger partial charge in [-0.2, -0.15) is 0 Å². The Bertz CT molecular complexity index is 666. The Morgan fingerprint density at radius 1 is 1.47 bits per heavy atom. The fourth-order valence-corrected chi connectivity index (χ4v) is 2.03. The van der Waals surface area contributed by atoms with Crippen LogP contribution in [-0.2, 0) is 4.74 Å². The maximum absolute atomic E-state index is 13.5. The van der Waals surface area contributed by atoms with Crippen LogP contribution in [0.15, 0.2) is 27.6 Å². The number of nitrogens with one attached hydrogen (secondary N) is 1. The zero-order valence-electron chi connectivity index (χ0n) is 8.71. The maximum atomic E-state index is 13.5. The van der Waals surface area contributed by atoms with Crippen LogP contribution in [0.1, 0.15) is 10.4 Å². The van der Waals surface area contributed by atoms with Gasteiger partial charge in [-0.3, -0.25) is 4.79 Å². The van der Waals surface area contributed by atoms with Gasteiger partial charge in [-0.1, -0.05) is 0 Å². The highest BCUT2D eigenvalue weighted by Gasteiger charge is 2.16. The summed E-state index contributed by atoms with van der Waals surface area (Å²) in [5.74, 6) is -1.32. The van der Waals surface area contributed by atoms with Gasteiger partial charge in [0.25, 0.3) is 0 Å². The molecule has 0 spiro atoms. The average Bonchev–Trinajstić information content (AvgIpc) is 2.33. The highest BCUT2D eigenvalue weighted by molar-refractivity contribution is 9.10. The molecule has 0 fully saturated rings. The number of esters is 1. The van der Waals surface area contributed by atoms with Crippen LogP contribution in [0.5, 0.6) is 0 Å². The number of aromatic amines is 1. The number of hydrogen-bond acceptors (Lipinski definition) is 3. The van der Waals surface area contributed by atoms with E-state index in [0.717, 1.165) is 6.20 Å². The predicted octanol–water partition coefficient (Wildman–Crippen LogP) is 2.22. The maximum Gasteiger partial charge on any atom is 0.343 e. The normalized spacial score (nSPS) is 10.5. The standard InChI is InChI=1S/C11H7BrFNO3/c1-17-11(16)5-4-14-9-7(13)3-2-6(12)8(9)10(5)15/h2-4H,1H3,(H,14,15). The molecule has 0 saturated heterocycles. The molecule has 2 rings (SSSR count). The SMILES string of the molecule is COC(=O)c1c[nH]c2c(F)ccc(Br)c2c1=O. The minimum Gasteiger partial charge on any atom is -0.465 e. The topological polar surface area (TPSA) is 59.2 Å². The van der Waals surface area contributed by atoms with Gasteiger partial charge in [-0.15, -0.1) is 0 Å². The van der Waals surface area contributed by atoms with Crippen LogP contribution < -0.4 is 5.43 Å². The van der Waals surface area contributed by atoms with Gasteiger partial charge in [0.1, 0.15) is 11.4 Å². The molecule has 0 radical (unpaired) electrons. The van der Waals surface area contributed by atoms with Crippen LogP contribution in [0, 0.1) is 5.82 Å². The third kappa shape index (κ3) is 1.84. The van der Waals surface area contributed by atoms with Crippen molar-refractivity contribution in [2.45, 2.75) is 0 Å². The average molecular weight is 300 g/mol. The van der Waals surface area contributed by atoms with Crippen LogP contribution in [0.3, 0.4) is 0 Å². The molecule has 1 aromatic carbocycles. The van der Waals surface area contributed by atoms with Gasteiger partial charge in [0.15, 0.2) is 0 Å². The van der Waals surface area contributed by atoms with E-state index in [1.165, 1.54) is 19.2 Å². The van der Waals surface area contributed by atoms with E-state index in [0.29, 0.717) is 4.47 Å². The minimum atomic E-state index is -0.760. The third-order valence-electron chi connectivity index (χ3n) is 2.34. The van der Waals surface area contributed by atoms with Crippen molar-refractivity contribution in [1.29, 1.82) is 0 Å². The number of methoxy groups -OCH3 is 1. The molecular weight excluding hydrogens is 293 g/mol. The van der Waals surface area contributed by atoms with Crippen molar-refractivity contribution < 1.29 is 13.9 Å². The van der Waals surface area contributed by atoms with Gasteiger partial charge in [-0.25, -0.2) is 9.18 Å². The number of pyridine rings is 1. The van der Waals surface area contributed by atoms with E-state index in [2.05, 4.69) is 25.7 Å². The largest absolute Gasteiger partial charge is 0.465 e. The van der Waals surface area contributed by atoms with Gasteiger partial charge in [0, 0.05) is 10.7 Å². The lowest BCUT2D eigenvalue weighted by molar-refractivity contribution is 0.0599. The molecule has 1 heterocycles. The van der Waals surface area contributed by atoms with Crippen LogP contribution in [0.2, 0.25) is 0 Å². The summed E-state index contributed by atoms with van der Waals surface area (Å²) in [6, 6.07) is 2.63. The summed E-state index contributed by atoms with van der Waals surface area (Å²) in [6.07, 6.45) is 1.14. The van der Waals surface area contributed by atoms with Crippen molar-refractivity contribution in [2.24, 2.45) is 0 Å². The molecular formula is C11H7BrFNO3. The molecule has 2 aromatic rings. The molecule has 0 aliphatic heterocycles. The summed E-state index contributed by atoms with van der Waals surface area (Å²) in [5, 5.41) is 0.0906. The van der Waals surface area contributed by atoms with Gasteiger partial charge in [0.2, 0.25) is 5.43 Å². The molecule has 88 valence electrons. The Hall–Kier alpha value is -1.69. The smallest absolute Gasteiger partial charge is 0.343 e. The molecule has 17 heavy (non-hydrogen) atoms. The molecule has 0 aliphatic carbocycles. The molecule has 0 saturated carbocycles. The van der Waals surface area contributed by atoms with E-state index >= 15 is 0 Å². The van der Waals surface area contributed by atoms with Crippen LogP contribution in [-0.4, -0.2) is 18.1 Å². The summed E-state index contributed by atoms with van der Waals surface area (Å²) in [4.78, 5) is 25.9. The highest BCUT2D eigenvalue weighted by Crippen LogP contribution is 2.22. The number of carbonyl (C=O) groups is 1. The first kappa shape index (κ1) is 11.8. The van der Waals surface area contributed by atoms with Gasteiger partial charge < -0.3 is 9.72 Å². The lowest BCUT2D eigenvalue weighted by atomic mass is 10.1. The Morgan fingerprint density at radius 2 is 2.18 bits per heavy atom. The number of carbonyl (C=O) groups excluding carboxylic acids is 1. The first-order valence-corrected chi connectivity index (χ1v) is 5.43. The van der Waals surface area contributed by atoms with E-state index in [-0.39, 0.29) is 16.5 Å². The lowest BCUT2D eigenvalue weighted by Gasteiger charge is -2.04. The number of aromatic nitrogens is 1. The Balaban J connectivity index is 2.89. The van der Waals surface area contributed by atoms with Gasteiger partial charge in [0.05, 0.1) is 18.0 Å². The summed E-state index contributed by atoms with van der Waals surface area (Å²) in [7, 11) is 1.17. The Labute approximate surface area is 104 Å². The number of fused-ring (bicyclic) bond motifs is 1. The number of benzene rings is 1. The summed E-state index contributed by atoms with van der Waals surface area (Å²) in [6.45, 7) is 0. The number of H-pyrrole nitrogens is 1. The molecule has 1 N–H and O–H groups in total. The second-order valence-corrected chi connectivity index (χ2v) is 4.16. The summed E-state index contributed by atoms with van der Waals surface area (Å²) >= 11 is 3.15. The number of ether oxygens (including phenoxy) is 1. The quantitative estimate of drug-likeness (QED) is 0.822. The summed E-state index contributed by atoms with van der Waals surface area (Å²) in [5.41, 5.74) is -0.680. The molecule has 4 nitrogen and oxygen atoms in total. The molecule has 0 unspecified atom stereocenters. The monoisotopic (exact) mass is 299 g/mol. The summed E-state index contributed by atoms with van der Waals surface area (Å²) < 4.78 is 18.3. The van der Waals surface area contributed by atoms with E-state index in [9.17, 15) is 14.0 Å². The van der Waals surface area contributed by atoms with E-state index in [1.807, 2.05) is 0 Å². The van der Waals surface area contributed by atoms with Crippen molar-refractivity contribution in [3.63, 3.8) is 0 Å². The third-order valence-corrected chi connectivity index (χ3v) is 3.00. The van der Waals surface area contributed by atoms with Gasteiger partial charge in [-0.05, 0) is 28.1 Å². The molecule has 0 amide bonds. The lowest BCUT2D eigenvalue weighted by Crippen LogP contribution is -2.17. The van der Waals surface area contributed by atoms with E-state index < -0.39 is 17.2 Å². The van der Waals surface area contributed by atoms with Crippen LogP contribution in [0.4, 0.5) is 4.39 Å². The van der Waals surface area contributed by atoms with E-state index in [4.69, 9.17) is 0 Å². The van der Waals surface area contributed by atoms with Crippen molar-refractivity contribution in [3.05, 3.63) is 44.4 Å². The number of halogens is 2. The zero-order valence-corrected chi connectivity index (χ0v) is 10.3. The molecule has 0 aliphatic rings. The number of hydrogen-bond donors (Lipinski definition) is 1. The second kappa shape index (κ2) is 4.29. The van der Waals surface area contributed by atoms with Crippen LogP contribution >= 0.6 is 15.9 Å². The van der Waals surface area contributed by atoms with Crippen molar-refractivity contribution >= 4 is 32.8 Å². The second-order valence-electron chi connectivity index (χ2n) is 3.30. The molecule has 0 atom stereocenters. The zero-order chi connectivity index (χ0) is 12.6. The Morgan fingerprint density at radius 3 is 2.82 bits per heavy atom. The minimum absolute atomic E-state index is 0.0528.